The van der Waals surface area contributed by atoms with Gasteiger partial charge < -0.3 is 0 Å². The molecule has 0 saturated heterocycles. The van der Waals surface area contributed by atoms with Gasteiger partial charge in [-0.3, -0.25) is 4.79 Å². The smallest absolute Gasteiger partial charge is 0.264 e. The van der Waals surface area contributed by atoms with Gasteiger partial charge in [0.1, 0.15) is 0 Å². The Bertz CT molecular complexity index is 274. The van der Waals surface area contributed by atoms with E-state index in [0.29, 0.717) is 4.54 Å². The molecule has 46 valence electrons. The zero-order chi connectivity index (χ0) is 6.69. The molecule has 0 atom stereocenters. The summed E-state index contributed by atoms with van der Waals surface area (Å²) in [6, 6.07) is 4.24. The second-order valence-electron chi connectivity index (χ2n) is 1.50. The number of H-pyrrole nitrogens is 1. The molecule has 0 spiro atoms. The second kappa shape index (κ2) is 2.21. The molecule has 9 heavy (non-hydrogen) atoms. The van der Waals surface area contributed by atoms with E-state index in [0.717, 1.165) is 0 Å². The lowest BCUT2D eigenvalue weighted by Crippen LogP contribution is -2.22. The maximum atomic E-state index is 10.4. The molecule has 1 heterocycles. The van der Waals surface area contributed by atoms with Crippen molar-refractivity contribution in [3.05, 3.63) is 39.7 Å². The lowest BCUT2D eigenvalue weighted by atomic mass is 10.6. The van der Waals surface area contributed by atoms with Crippen LogP contribution >= 0.6 is 0 Å². The summed E-state index contributed by atoms with van der Waals surface area (Å²) in [6.45, 7) is 0. The van der Waals surface area contributed by atoms with Crippen LogP contribution in [-0.2, 0) is 0 Å². The molecule has 0 aliphatic heterocycles. The average molecular weight is 125 g/mol. The van der Waals surface area contributed by atoms with E-state index in [1.165, 1.54) is 24.4 Å². The van der Waals surface area contributed by atoms with Crippen LogP contribution < -0.4 is 10.1 Å². The summed E-state index contributed by atoms with van der Waals surface area (Å²) in [4.78, 5) is 20.8. The first-order chi connectivity index (χ1) is 4.29. The fourth-order valence-corrected chi connectivity index (χ4v) is 0.454. The van der Waals surface area contributed by atoms with Gasteiger partial charge >= 0.3 is 5.56 Å². The SMILES string of the molecule is O=c1cccc[n+](=O)[nH]1. The van der Waals surface area contributed by atoms with Crippen LogP contribution in [-0.4, -0.2) is 5.10 Å². The molecular formula is C5H5N2O2+. The highest BCUT2D eigenvalue weighted by atomic mass is 16.3. The third-order valence-electron chi connectivity index (χ3n) is 0.801. The molecule has 0 unspecified atom stereocenters. The van der Waals surface area contributed by atoms with Crippen molar-refractivity contribution in [2.75, 3.05) is 0 Å². The van der Waals surface area contributed by atoms with Crippen molar-refractivity contribution in [2.24, 2.45) is 0 Å². The van der Waals surface area contributed by atoms with Crippen LogP contribution in [0.1, 0.15) is 0 Å². The third-order valence-corrected chi connectivity index (χ3v) is 0.801. The van der Waals surface area contributed by atoms with E-state index in [1.54, 1.807) is 0 Å². The topological polar surface area (TPSA) is 55.8 Å². The van der Waals surface area contributed by atoms with E-state index in [2.05, 4.69) is 0 Å². The van der Waals surface area contributed by atoms with Gasteiger partial charge in [0.15, 0.2) is 4.54 Å². The Morgan fingerprint density at radius 3 is 3.00 bits per heavy atom. The lowest BCUT2D eigenvalue weighted by Gasteiger charge is -1.53. The maximum Gasteiger partial charge on any atom is 0.302 e. The molecule has 0 bridgehead atoms. The summed E-state index contributed by atoms with van der Waals surface area (Å²) in [5, 5.41) is 2.01. The minimum atomic E-state index is -0.407. The van der Waals surface area contributed by atoms with Crippen LogP contribution in [0.2, 0.25) is 0 Å². The van der Waals surface area contributed by atoms with Crippen LogP contribution in [0, 0.1) is 4.91 Å². The summed E-state index contributed by atoms with van der Waals surface area (Å²) in [7, 11) is 0. The van der Waals surface area contributed by atoms with Crippen molar-refractivity contribution in [3.63, 3.8) is 0 Å². The van der Waals surface area contributed by atoms with Crippen molar-refractivity contribution in [3.8, 4) is 0 Å². The molecule has 0 amide bonds. The minimum absolute atomic E-state index is 0.350. The Kier molecular flexibility index (Phi) is 1.40. The fraction of sp³-hybridized carbons (Fsp3) is 0. The van der Waals surface area contributed by atoms with E-state index >= 15 is 0 Å². The van der Waals surface area contributed by atoms with Gasteiger partial charge in [-0.15, -0.1) is 0 Å². The Hall–Kier alpha value is -1.45. The predicted octanol–water partition coefficient (Wildman–Crippen LogP) is -0.711. The molecule has 1 rings (SSSR count). The van der Waals surface area contributed by atoms with Crippen molar-refractivity contribution < 1.29 is 4.54 Å². The number of aromatic nitrogens is 2. The van der Waals surface area contributed by atoms with Gasteiger partial charge in [-0.25, -0.2) is 0 Å². The zero-order valence-corrected chi connectivity index (χ0v) is 4.57. The van der Waals surface area contributed by atoms with E-state index in [-0.39, 0.29) is 0 Å². The highest BCUT2D eigenvalue weighted by molar-refractivity contribution is 4.83. The van der Waals surface area contributed by atoms with Gasteiger partial charge in [-0.05, 0) is 0 Å². The Morgan fingerprint density at radius 2 is 2.22 bits per heavy atom. The van der Waals surface area contributed by atoms with Gasteiger partial charge in [-0.1, -0.05) is 11.2 Å². The third kappa shape index (κ3) is 1.49. The molecule has 0 aliphatic carbocycles. The van der Waals surface area contributed by atoms with E-state index < -0.39 is 5.56 Å². The molecule has 0 aromatic carbocycles. The molecule has 0 radical (unpaired) electrons. The number of nitrogens with one attached hydrogen (secondary N) is 1. The van der Waals surface area contributed by atoms with Gasteiger partial charge in [0.05, 0.1) is 4.91 Å². The van der Waals surface area contributed by atoms with Gasteiger partial charge in [0.2, 0.25) is 0 Å². The number of aromatic amines is 1. The molecule has 4 heteroatoms. The van der Waals surface area contributed by atoms with E-state index in [4.69, 9.17) is 0 Å². The van der Waals surface area contributed by atoms with Gasteiger partial charge in [0.25, 0.3) is 6.20 Å². The summed E-state index contributed by atoms with van der Waals surface area (Å²) in [6.07, 6.45) is 1.21. The van der Waals surface area contributed by atoms with Gasteiger partial charge in [-0.2, -0.15) is 0 Å². The Balaban J connectivity index is 3.56. The second-order valence-corrected chi connectivity index (χ2v) is 1.50. The van der Waals surface area contributed by atoms with Crippen LogP contribution in [0.5, 0.6) is 0 Å². The summed E-state index contributed by atoms with van der Waals surface area (Å²) in [5.74, 6) is 0. The van der Waals surface area contributed by atoms with E-state index in [9.17, 15) is 9.70 Å². The first-order valence-electron chi connectivity index (χ1n) is 2.41. The molecule has 1 aromatic heterocycles. The van der Waals surface area contributed by atoms with Gasteiger partial charge in [0, 0.05) is 12.1 Å². The number of nitrogens with zero attached hydrogens (tertiary/aromatic N) is 1. The number of hydrogen-bond acceptors (Lipinski definition) is 2. The van der Waals surface area contributed by atoms with Crippen molar-refractivity contribution >= 4 is 0 Å². The van der Waals surface area contributed by atoms with Crippen molar-refractivity contribution in [1.82, 2.24) is 5.10 Å². The molecule has 0 saturated carbocycles. The molecule has 1 N–H and O–H groups in total. The van der Waals surface area contributed by atoms with Crippen LogP contribution in [0.4, 0.5) is 0 Å². The largest absolute Gasteiger partial charge is 0.302 e. The molecule has 0 fully saturated rings. The molecule has 4 nitrogen and oxygen atoms in total. The van der Waals surface area contributed by atoms with E-state index in [1.807, 2.05) is 5.10 Å². The normalized spacial score (nSPS) is 8.89. The van der Waals surface area contributed by atoms with Crippen molar-refractivity contribution in [1.29, 1.82) is 0 Å². The molecular weight excluding hydrogens is 120 g/mol. The zero-order valence-electron chi connectivity index (χ0n) is 4.57. The van der Waals surface area contributed by atoms with Crippen LogP contribution in [0.3, 0.4) is 0 Å². The highest BCUT2D eigenvalue weighted by Crippen LogP contribution is 1.62. The molecule has 0 aliphatic rings. The van der Waals surface area contributed by atoms with Crippen LogP contribution in [0.25, 0.3) is 0 Å². The lowest BCUT2D eigenvalue weighted by molar-refractivity contribution is -0.564. The predicted molar refractivity (Wildman–Crippen MR) is 30.4 cm³/mol. The minimum Gasteiger partial charge on any atom is -0.264 e. The first-order valence-corrected chi connectivity index (χ1v) is 2.41. The fourth-order valence-electron chi connectivity index (χ4n) is 0.454. The van der Waals surface area contributed by atoms with Crippen LogP contribution in [0.15, 0.2) is 29.2 Å². The van der Waals surface area contributed by atoms with Crippen molar-refractivity contribution in [2.45, 2.75) is 0 Å². The molecule has 1 aromatic rings. The summed E-state index contributed by atoms with van der Waals surface area (Å²) in [5.41, 5.74) is -0.407. The summed E-state index contributed by atoms with van der Waals surface area (Å²) < 4.78 is 0.350. The Labute approximate surface area is 50.4 Å². The first kappa shape index (κ1) is 5.68. The summed E-state index contributed by atoms with van der Waals surface area (Å²) >= 11 is 0. The monoisotopic (exact) mass is 125 g/mol. The quantitative estimate of drug-likeness (QED) is 0.465. The number of hydrogen-bond donors (Lipinski definition) is 1. The average Bonchev–Trinajstić information content (AvgIpc) is 1.93. The standard InChI is InChI=1S/C5H4N2O2/c8-5-3-1-2-4-7(9)6-5/h1-4H/p+1. The maximum absolute atomic E-state index is 10.4. The Morgan fingerprint density at radius 1 is 1.44 bits per heavy atom. The highest BCUT2D eigenvalue weighted by Gasteiger charge is 1.84. The number of rotatable bonds is 0.